The highest BCUT2D eigenvalue weighted by Crippen LogP contribution is 2.24. The van der Waals surface area contributed by atoms with Gasteiger partial charge in [0.15, 0.2) is 0 Å². The van der Waals surface area contributed by atoms with Crippen LogP contribution in [0.5, 0.6) is 0 Å². The smallest absolute Gasteiger partial charge is 0.233 e. The molecular weight excluding hydrogens is 238 g/mol. The quantitative estimate of drug-likeness (QED) is 0.795. The molecule has 17 heavy (non-hydrogen) atoms. The standard InChI is InChI=1S/C10H17N5OS/c1-6(2)15-10(12-13-14-15)17-7(3)9(16)11-8-4-5-8/h6-8H,4-5H2,1-3H3,(H,11,16). The van der Waals surface area contributed by atoms with Gasteiger partial charge in [-0.2, -0.15) is 0 Å². The molecule has 0 aromatic carbocycles. The molecule has 7 heteroatoms. The molecule has 6 nitrogen and oxygen atoms in total. The molecule has 0 spiro atoms. The predicted octanol–water partition coefficient (Wildman–Crippen LogP) is 1.01. The zero-order valence-electron chi connectivity index (χ0n) is 10.3. The molecule has 1 fully saturated rings. The lowest BCUT2D eigenvalue weighted by atomic mass is 10.4. The molecule has 2 rings (SSSR count). The maximum Gasteiger partial charge on any atom is 0.233 e. The van der Waals surface area contributed by atoms with Gasteiger partial charge in [-0.25, -0.2) is 4.68 Å². The van der Waals surface area contributed by atoms with Crippen molar-refractivity contribution in [3.63, 3.8) is 0 Å². The predicted molar refractivity (Wildman–Crippen MR) is 64.7 cm³/mol. The minimum Gasteiger partial charge on any atom is -0.352 e. The minimum atomic E-state index is -0.168. The van der Waals surface area contributed by atoms with Crippen LogP contribution in [0.3, 0.4) is 0 Å². The number of rotatable bonds is 5. The van der Waals surface area contributed by atoms with Crippen LogP contribution in [-0.4, -0.2) is 37.4 Å². The minimum absolute atomic E-state index is 0.0656. The summed E-state index contributed by atoms with van der Waals surface area (Å²) in [4.78, 5) is 11.8. The SMILES string of the molecule is CC(Sc1nnnn1C(C)C)C(=O)NC1CC1. The van der Waals surface area contributed by atoms with Gasteiger partial charge in [0.1, 0.15) is 0 Å². The number of carbonyl (C=O) groups excluding carboxylic acids is 1. The van der Waals surface area contributed by atoms with Gasteiger partial charge in [-0.1, -0.05) is 11.8 Å². The molecule has 1 aliphatic rings. The van der Waals surface area contributed by atoms with E-state index in [-0.39, 0.29) is 17.2 Å². The normalized spacial score (nSPS) is 17.2. The van der Waals surface area contributed by atoms with Crippen LogP contribution >= 0.6 is 11.8 Å². The van der Waals surface area contributed by atoms with E-state index in [0.29, 0.717) is 11.2 Å². The van der Waals surface area contributed by atoms with Gasteiger partial charge in [-0.3, -0.25) is 4.79 Å². The van der Waals surface area contributed by atoms with Gasteiger partial charge >= 0.3 is 0 Å². The molecule has 0 saturated heterocycles. The van der Waals surface area contributed by atoms with Crippen LogP contribution in [0.15, 0.2) is 5.16 Å². The Labute approximate surface area is 105 Å². The van der Waals surface area contributed by atoms with E-state index < -0.39 is 0 Å². The van der Waals surface area contributed by atoms with Crippen LogP contribution in [0.1, 0.15) is 39.7 Å². The average Bonchev–Trinajstić information content (AvgIpc) is 2.94. The highest BCUT2D eigenvalue weighted by Gasteiger charge is 2.27. The molecule has 1 atom stereocenters. The molecule has 1 amide bonds. The van der Waals surface area contributed by atoms with E-state index in [1.165, 1.54) is 11.8 Å². The Balaban J connectivity index is 1.94. The van der Waals surface area contributed by atoms with Crippen molar-refractivity contribution in [3.05, 3.63) is 0 Å². The maximum absolute atomic E-state index is 11.8. The summed E-state index contributed by atoms with van der Waals surface area (Å²) in [6, 6.07) is 0.595. The summed E-state index contributed by atoms with van der Waals surface area (Å²) in [6.07, 6.45) is 2.21. The van der Waals surface area contributed by atoms with Crippen LogP contribution in [-0.2, 0) is 4.79 Å². The number of hydrogen-bond acceptors (Lipinski definition) is 5. The molecule has 1 saturated carbocycles. The summed E-state index contributed by atoms with van der Waals surface area (Å²) in [5, 5.41) is 15.0. The molecule has 1 aromatic heterocycles. The lowest BCUT2D eigenvalue weighted by Gasteiger charge is -2.12. The number of aromatic nitrogens is 4. The van der Waals surface area contributed by atoms with Crippen LogP contribution in [0, 0.1) is 0 Å². The molecule has 0 radical (unpaired) electrons. The number of nitrogens with zero attached hydrogens (tertiary/aromatic N) is 4. The largest absolute Gasteiger partial charge is 0.352 e. The second-order valence-electron chi connectivity index (χ2n) is 4.54. The average molecular weight is 255 g/mol. The van der Waals surface area contributed by atoms with Crippen LogP contribution in [0.4, 0.5) is 0 Å². The second kappa shape index (κ2) is 5.03. The van der Waals surface area contributed by atoms with E-state index in [0.717, 1.165) is 12.8 Å². The van der Waals surface area contributed by atoms with Crippen LogP contribution < -0.4 is 5.32 Å². The van der Waals surface area contributed by atoms with E-state index in [9.17, 15) is 4.79 Å². The van der Waals surface area contributed by atoms with Gasteiger partial charge in [0.25, 0.3) is 0 Å². The lowest BCUT2D eigenvalue weighted by molar-refractivity contribution is -0.120. The van der Waals surface area contributed by atoms with Gasteiger partial charge in [-0.15, -0.1) is 5.10 Å². The van der Waals surface area contributed by atoms with Crippen molar-refractivity contribution in [3.8, 4) is 0 Å². The van der Waals surface area contributed by atoms with E-state index >= 15 is 0 Å². The summed E-state index contributed by atoms with van der Waals surface area (Å²) >= 11 is 1.40. The van der Waals surface area contributed by atoms with E-state index in [2.05, 4.69) is 20.8 Å². The van der Waals surface area contributed by atoms with E-state index in [1.807, 2.05) is 20.8 Å². The second-order valence-corrected chi connectivity index (χ2v) is 5.85. The van der Waals surface area contributed by atoms with Crippen molar-refractivity contribution in [1.82, 2.24) is 25.5 Å². The van der Waals surface area contributed by atoms with Crippen molar-refractivity contribution in [2.75, 3.05) is 0 Å². The summed E-state index contributed by atoms with van der Waals surface area (Å²) in [5.41, 5.74) is 0. The topological polar surface area (TPSA) is 72.7 Å². The molecule has 94 valence electrons. The Kier molecular flexibility index (Phi) is 3.66. The van der Waals surface area contributed by atoms with Crippen molar-refractivity contribution >= 4 is 17.7 Å². The zero-order chi connectivity index (χ0) is 12.4. The number of carbonyl (C=O) groups is 1. The van der Waals surface area contributed by atoms with Crippen molar-refractivity contribution in [2.45, 2.75) is 56.1 Å². The number of tetrazole rings is 1. The maximum atomic E-state index is 11.8. The van der Waals surface area contributed by atoms with Crippen molar-refractivity contribution in [2.24, 2.45) is 0 Å². The molecule has 1 N–H and O–H groups in total. The summed E-state index contributed by atoms with van der Waals surface area (Å²) in [6.45, 7) is 5.90. The van der Waals surface area contributed by atoms with Crippen molar-refractivity contribution in [1.29, 1.82) is 0 Å². The highest BCUT2D eigenvalue weighted by atomic mass is 32.2. The van der Waals surface area contributed by atoms with Crippen LogP contribution in [0.25, 0.3) is 0 Å². The fourth-order valence-electron chi connectivity index (χ4n) is 1.34. The molecule has 0 aliphatic heterocycles. The third-order valence-electron chi connectivity index (χ3n) is 2.53. The van der Waals surface area contributed by atoms with E-state index in [4.69, 9.17) is 0 Å². The Bertz CT molecular complexity index is 401. The fourth-order valence-corrected chi connectivity index (χ4v) is 2.28. The first-order valence-electron chi connectivity index (χ1n) is 5.83. The molecule has 1 unspecified atom stereocenters. The highest BCUT2D eigenvalue weighted by molar-refractivity contribution is 8.00. The Morgan fingerprint density at radius 2 is 2.18 bits per heavy atom. The molecule has 0 bridgehead atoms. The molecule has 1 aromatic rings. The molecule has 1 heterocycles. The van der Waals surface area contributed by atoms with Gasteiger partial charge < -0.3 is 5.32 Å². The van der Waals surface area contributed by atoms with Gasteiger partial charge in [0, 0.05) is 6.04 Å². The number of amides is 1. The number of thioether (sulfide) groups is 1. The molecule has 1 aliphatic carbocycles. The Morgan fingerprint density at radius 1 is 1.47 bits per heavy atom. The van der Waals surface area contributed by atoms with Gasteiger partial charge in [0.05, 0.1) is 11.3 Å². The summed E-state index contributed by atoms with van der Waals surface area (Å²) in [7, 11) is 0. The Hall–Kier alpha value is -1.11. The third-order valence-corrected chi connectivity index (χ3v) is 3.57. The van der Waals surface area contributed by atoms with Crippen molar-refractivity contribution < 1.29 is 4.79 Å². The number of hydrogen-bond donors (Lipinski definition) is 1. The summed E-state index contributed by atoms with van der Waals surface area (Å²) < 4.78 is 1.73. The first kappa shape index (κ1) is 12.3. The monoisotopic (exact) mass is 255 g/mol. The zero-order valence-corrected chi connectivity index (χ0v) is 11.1. The third kappa shape index (κ3) is 3.18. The van der Waals surface area contributed by atoms with Gasteiger partial charge in [-0.05, 0) is 44.0 Å². The lowest BCUT2D eigenvalue weighted by Crippen LogP contribution is -2.32. The summed E-state index contributed by atoms with van der Waals surface area (Å²) in [5.74, 6) is 0.0656. The fraction of sp³-hybridized carbons (Fsp3) is 0.800. The van der Waals surface area contributed by atoms with E-state index in [1.54, 1.807) is 4.68 Å². The number of nitrogens with one attached hydrogen (secondary N) is 1. The van der Waals surface area contributed by atoms with Crippen LogP contribution in [0.2, 0.25) is 0 Å². The first-order chi connectivity index (χ1) is 8.08. The Morgan fingerprint density at radius 3 is 2.76 bits per heavy atom. The first-order valence-corrected chi connectivity index (χ1v) is 6.70. The van der Waals surface area contributed by atoms with Gasteiger partial charge in [0.2, 0.25) is 11.1 Å². The molecular formula is C10H17N5OS.